The van der Waals surface area contributed by atoms with E-state index in [0.29, 0.717) is 26.4 Å². The first-order chi connectivity index (χ1) is 10.5. The van der Waals surface area contributed by atoms with Crippen LogP contribution in [0.15, 0.2) is 42.5 Å². The molecule has 22 heavy (non-hydrogen) atoms. The van der Waals surface area contributed by atoms with Crippen LogP contribution in [-0.4, -0.2) is 12.1 Å². The van der Waals surface area contributed by atoms with Gasteiger partial charge in [0.2, 0.25) is 0 Å². The summed E-state index contributed by atoms with van der Waals surface area (Å²) < 4.78 is 10.7. The number of ether oxygens (including phenoxy) is 2. The highest BCUT2D eigenvalue weighted by atomic mass is 35.5. The van der Waals surface area contributed by atoms with Gasteiger partial charge >= 0.3 is 5.97 Å². The van der Waals surface area contributed by atoms with Crippen molar-refractivity contribution in [3.63, 3.8) is 0 Å². The molecule has 1 unspecified atom stereocenters. The van der Waals surface area contributed by atoms with Crippen molar-refractivity contribution in [2.45, 2.75) is 19.6 Å². The monoisotopic (exact) mass is 358 g/mol. The lowest BCUT2D eigenvalue weighted by molar-refractivity contribution is -0.152. The van der Waals surface area contributed by atoms with Crippen molar-refractivity contribution in [1.82, 2.24) is 0 Å². The summed E-state index contributed by atoms with van der Waals surface area (Å²) in [7, 11) is 0. The molecule has 0 saturated carbocycles. The van der Waals surface area contributed by atoms with E-state index in [9.17, 15) is 4.79 Å². The highest BCUT2D eigenvalue weighted by Crippen LogP contribution is 2.22. The Morgan fingerprint density at radius 3 is 2.32 bits per heavy atom. The molecule has 0 fully saturated rings. The number of hydrogen-bond acceptors (Lipinski definition) is 3. The fourth-order valence-electron chi connectivity index (χ4n) is 1.67. The van der Waals surface area contributed by atoms with E-state index in [2.05, 4.69) is 0 Å². The van der Waals surface area contributed by atoms with Gasteiger partial charge in [-0.2, -0.15) is 0 Å². The molecule has 0 amide bonds. The fraction of sp³-hybridized carbons (Fsp3) is 0.188. The first kappa shape index (κ1) is 16.9. The summed E-state index contributed by atoms with van der Waals surface area (Å²) >= 11 is 17.6. The average molecular weight is 360 g/mol. The molecule has 1 atom stereocenters. The standard InChI is InChI=1S/C16H13Cl3O3/c1-10(22-14-6-4-12(17)5-7-14)16(20)21-9-11-2-3-13(18)8-15(11)19/h2-8,10H,9H2,1H3. The molecule has 0 heterocycles. The molecule has 2 aromatic carbocycles. The topological polar surface area (TPSA) is 35.5 Å². The maximum absolute atomic E-state index is 11.9. The Morgan fingerprint density at radius 2 is 1.68 bits per heavy atom. The molecular formula is C16H13Cl3O3. The molecule has 2 rings (SSSR count). The van der Waals surface area contributed by atoms with Gasteiger partial charge in [-0.1, -0.05) is 40.9 Å². The first-order valence-electron chi connectivity index (χ1n) is 6.48. The molecule has 0 bridgehead atoms. The Labute approximate surface area is 143 Å². The number of halogens is 3. The predicted molar refractivity (Wildman–Crippen MR) is 87.8 cm³/mol. The molecule has 0 aromatic heterocycles. The molecular weight excluding hydrogens is 347 g/mol. The van der Waals surface area contributed by atoms with E-state index in [4.69, 9.17) is 44.3 Å². The van der Waals surface area contributed by atoms with Gasteiger partial charge in [-0.3, -0.25) is 0 Å². The van der Waals surface area contributed by atoms with Crippen molar-refractivity contribution < 1.29 is 14.3 Å². The predicted octanol–water partition coefficient (Wildman–Crippen LogP) is 5.16. The Kier molecular flexibility index (Phi) is 5.95. The zero-order valence-electron chi connectivity index (χ0n) is 11.7. The van der Waals surface area contributed by atoms with E-state index in [1.807, 2.05) is 0 Å². The second kappa shape index (κ2) is 7.73. The van der Waals surface area contributed by atoms with Gasteiger partial charge in [0.1, 0.15) is 12.4 Å². The molecule has 116 valence electrons. The number of benzene rings is 2. The number of carbonyl (C=O) groups is 1. The third-order valence-corrected chi connectivity index (χ3v) is 3.68. The maximum Gasteiger partial charge on any atom is 0.347 e. The van der Waals surface area contributed by atoms with Gasteiger partial charge in [0.05, 0.1) is 0 Å². The van der Waals surface area contributed by atoms with Crippen LogP contribution in [0, 0.1) is 0 Å². The summed E-state index contributed by atoms with van der Waals surface area (Å²) in [5.41, 5.74) is 0.679. The van der Waals surface area contributed by atoms with Crippen molar-refractivity contribution in [2.24, 2.45) is 0 Å². The second-order valence-corrected chi connectivity index (χ2v) is 5.84. The molecule has 0 aliphatic carbocycles. The van der Waals surface area contributed by atoms with Gasteiger partial charge in [-0.15, -0.1) is 0 Å². The molecule has 0 saturated heterocycles. The Bertz CT molecular complexity index is 656. The smallest absolute Gasteiger partial charge is 0.347 e. The minimum Gasteiger partial charge on any atom is -0.479 e. The van der Waals surface area contributed by atoms with Gasteiger partial charge in [0.25, 0.3) is 0 Å². The van der Waals surface area contributed by atoms with Crippen LogP contribution in [0.3, 0.4) is 0 Å². The zero-order chi connectivity index (χ0) is 16.1. The molecule has 0 N–H and O–H groups in total. The largest absolute Gasteiger partial charge is 0.479 e. The van der Waals surface area contributed by atoms with Crippen LogP contribution in [-0.2, 0) is 16.1 Å². The van der Waals surface area contributed by atoms with Crippen molar-refractivity contribution in [1.29, 1.82) is 0 Å². The quantitative estimate of drug-likeness (QED) is 0.692. The summed E-state index contributed by atoms with van der Waals surface area (Å²) in [6, 6.07) is 11.7. The van der Waals surface area contributed by atoms with Gasteiger partial charge in [0.15, 0.2) is 6.10 Å². The highest BCUT2D eigenvalue weighted by molar-refractivity contribution is 6.35. The summed E-state index contributed by atoms with van der Waals surface area (Å²) in [5.74, 6) is 0.0549. The van der Waals surface area contributed by atoms with E-state index in [-0.39, 0.29) is 6.61 Å². The summed E-state index contributed by atoms with van der Waals surface area (Å²) in [5, 5.41) is 1.58. The second-order valence-electron chi connectivity index (χ2n) is 4.56. The van der Waals surface area contributed by atoms with Crippen LogP contribution in [0.1, 0.15) is 12.5 Å². The summed E-state index contributed by atoms with van der Waals surface area (Å²) in [6.07, 6.45) is -0.743. The van der Waals surface area contributed by atoms with Crippen molar-refractivity contribution in [2.75, 3.05) is 0 Å². The Hall–Kier alpha value is -1.42. The first-order valence-corrected chi connectivity index (χ1v) is 7.62. The van der Waals surface area contributed by atoms with Crippen LogP contribution < -0.4 is 4.74 Å². The zero-order valence-corrected chi connectivity index (χ0v) is 14.0. The Morgan fingerprint density at radius 1 is 1.05 bits per heavy atom. The SMILES string of the molecule is CC(Oc1ccc(Cl)cc1)C(=O)OCc1ccc(Cl)cc1Cl. The van der Waals surface area contributed by atoms with Gasteiger partial charge < -0.3 is 9.47 Å². The van der Waals surface area contributed by atoms with E-state index in [1.54, 1.807) is 49.4 Å². The minimum absolute atomic E-state index is 0.0587. The molecule has 0 aliphatic rings. The number of carbonyl (C=O) groups excluding carboxylic acids is 1. The van der Waals surface area contributed by atoms with Crippen molar-refractivity contribution >= 4 is 40.8 Å². The van der Waals surface area contributed by atoms with Gasteiger partial charge in [-0.05, 0) is 43.3 Å². The molecule has 0 spiro atoms. The van der Waals surface area contributed by atoms with E-state index in [0.717, 1.165) is 0 Å². The van der Waals surface area contributed by atoms with E-state index >= 15 is 0 Å². The molecule has 0 aliphatic heterocycles. The van der Waals surface area contributed by atoms with Crippen LogP contribution >= 0.6 is 34.8 Å². The normalized spacial score (nSPS) is 11.8. The van der Waals surface area contributed by atoms with Crippen molar-refractivity contribution in [3.05, 3.63) is 63.1 Å². The van der Waals surface area contributed by atoms with Crippen LogP contribution in [0.5, 0.6) is 5.75 Å². The summed E-state index contributed by atoms with van der Waals surface area (Å²) in [6.45, 7) is 1.67. The Balaban J connectivity index is 1.89. The van der Waals surface area contributed by atoms with Crippen LogP contribution in [0.2, 0.25) is 15.1 Å². The highest BCUT2D eigenvalue weighted by Gasteiger charge is 2.17. The fourth-order valence-corrected chi connectivity index (χ4v) is 2.26. The maximum atomic E-state index is 11.9. The van der Waals surface area contributed by atoms with Gasteiger partial charge in [0, 0.05) is 20.6 Å². The molecule has 3 nitrogen and oxygen atoms in total. The van der Waals surface area contributed by atoms with Gasteiger partial charge in [-0.25, -0.2) is 4.79 Å². The average Bonchev–Trinajstić information content (AvgIpc) is 2.48. The number of hydrogen-bond donors (Lipinski definition) is 0. The molecule has 6 heteroatoms. The molecule has 0 radical (unpaired) electrons. The third kappa shape index (κ3) is 4.80. The summed E-state index contributed by atoms with van der Waals surface area (Å²) in [4.78, 5) is 11.9. The van der Waals surface area contributed by atoms with Crippen LogP contribution in [0.25, 0.3) is 0 Å². The minimum atomic E-state index is -0.743. The third-order valence-electron chi connectivity index (χ3n) is 2.84. The van der Waals surface area contributed by atoms with Crippen molar-refractivity contribution in [3.8, 4) is 5.75 Å². The van der Waals surface area contributed by atoms with E-state index < -0.39 is 12.1 Å². The lowest BCUT2D eigenvalue weighted by Gasteiger charge is -2.14. The number of rotatable bonds is 5. The van der Waals surface area contributed by atoms with E-state index in [1.165, 1.54) is 0 Å². The number of esters is 1. The molecule has 2 aromatic rings. The lowest BCUT2D eigenvalue weighted by Crippen LogP contribution is -2.26. The lowest BCUT2D eigenvalue weighted by atomic mass is 10.2. The van der Waals surface area contributed by atoms with Crippen LogP contribution in [0.4, 0.5) is 0 Å².